The molecule has 4 aromatic heterocycles. The molecule has 2 aliphatic carbocycles. The summed E-state index contributed by atoms with van der Waals surface area (Å²) in [4.78, 5) is 29.8. The van der Waals surface area contributed by atoms with Gasteiger partial charge in [-0.1, -0.05) is 6.92 Å². The Balaban J connectivity index is 1.24. The van der Waals surface area contributed by atoms with E-state index in [-0.39, 0.29) is 24.6 Å². The normalized spacial score (nSPS) is 19.7. The molecule has 5 aromatic rings. The summed E-state index contributed by atoms with van der Waals surface area (Å²) in [5, 5.41) is 7.99. The number of aromatic amines is 1. The summed E-state index contributed by atoms with van der Waals surface area (Å²) >= 11 is 0. The van der Waals surface area contributed by atoms with E-state index in [1.165, 1.54) is 23.1 Å². The number of fused-ring (bicyclic) bond motifs is 4. The van der Waals surface area contributed by atoms with Crippen molar-refractivity contribution in [3.8, 4) is 11.1 Å². The number of carbonyl (C=O) groups is 1. The molecule has 2 N–H and O–H groups in total. The van der Waals surface area contributed by atoms with Crippen molar-refractivity contribution >= 4 is 16.9 Å². The van der Waals surface area contributed by atoms with Crippen LogP contribution >= 0.6 is 0 Å². The Hall–Kier alpha value is -4.61. The molecule has 220 valence electrons. The van der Waals surface area contributed by atoms with Gasteiger partial charge in [-0.3, -0.25) is 9.48 Å². The molecule has 4 heterocycles. The third-order valence-corrected chi connectivity index (χ3v) is 8.71. The molecule has 0 saturated heterocycles. The molecule has 0 bridgehead atoms. The van der Waals surface area contributed by atoms with E-state index >= 15 is 0 Å². The van der Waals surface area contributed by atoms with Gasteiger partial charge in [-0.25, -0.2) is 32.5 Å². The zero-order chi connectivity index (χ0) is 29.8. The van der Waals surface area contributed by atoms with Crippen molar-refractivity contribution in [3.05, 3.63) is 95.1 Å². The average Bonchev–Trinajstić information content (AvgIpc) is 3.29. The second-order valence-corrected chi connectivity index (χ2v) is 11.4. The number of alkyl halides is 2. The first-order valence-electron chi connectivity index (χ1n) is 14.1. The summed E-state index contributed by atoms with van der Waals surface area (Å²) in [7, 11) is 0. The highest BCUT2D eigenvalue weighted by Crippen LogP contribution is 2.60. The van der Waals surface area contributed by atoms with Gasteiger partial charge in [0.05, 0.1) is 11.7 Å². The minimum atomic E-state index is -2.74. The molecule has 0 unspecified atom stereocenters. The lowest BCUT2D eigenvalue weighted by molar-refractivity contribution is -0.122. The molecule has 2 aliphatic rings. The number of nitrogens with zero attached hydrogens (tertiary/aromatic N) is 5. The van der Waals surface area contributed by atoms with Crippen LogP contribution in [0.4, 0.5) is 17.6 Å². The number of rotatable bonds is 8. The first kappa shape index (κ1) is 27.2. The molecule has 4 atom stereocenters. The highest BCUT2D eigenvalue weighted by molar-refractivity contribution is 5.82. The minimum absolute atomic E-state index is 0.00545. The van der Waals surface area contributed by atoms with Crippen LogP contribution in [0.1, 0.15) is 59.9 Å². The molecule has 12 heteroatoms. The van der Waals surface area contributed by atoms with Gasteiger partial charge in [-0.05, 0) is 60.9 Å². The molecule has 7 rings (SSSR count). The molecule has 43 heavy (non-hydrogen) atoms. The number of benzene rings is 1. The van der Waals surface area contributed by atoms with Crippen molar-refractivity contribution in [3.63, 3.8) is 0 Å². The van der Waals surface area contributed by atoms with Gasteiger partial charge in [-0.2, -0.15) is 5.10 Å². The molecular weight excluding hydrogens is 562 g/mol. The first-order valence-corrected chi connectivity index (χ1v) is 14.1. The summed E-state index contributed by atoms with van der Waals surface area (Å²) in [6.45, 7) is 1.81. The van der Waals surface area contributed by atoms with E-state index in [0.29, 0.717) is 57.5 Å². The van der Waals surface area contributed by atoms with E-state index in [1.807, 2.05) is 12.1 Å². The van der Waals surface area contributed by atoms with Gasteiger partial charge in [0, 0.05) is 58.3 Å². The number of halogens is 4. The van der Waals surface area contributed by atoms with E-state index < -0.39 is 30.0 Å². The Morgan fingerprint density at radius 2 is 1.93 bits per heavy atom. The molecule has 0 spiro atoms. The molecule has 1 aromatic carbocycles. The zero-order valence-electron chi connectivity index (χ0n) is 23.1. The number of carbonyl (C=O) groups excluding carboxylic acids is 1. The first-order chi connectivity index (χ1) is 20.8. The molecule has 1 saturated carbocycles. The highest BCUT2D eigenvalue weighted by Gasteiger charge is 2.53. The number of amides is 1. The fourth-order valence-electron chi connectivity index (χ4n) is 6.69. The van der Waals surface area contributed by atoms with Gasteiger partial charge in [-0.15, -0.1) is 0 Å². The lowest BCUT2D eigenvalue weighted by Gasteiger charge is -2.22. The summed E-state index contributed by atoms with van der Waals surface area (Å²) in [6, 6.07) is 6.10. The van der Waals surface area contributed by atoms with Crippen molar-refractivity contribution < 1.29 is 22.4 Å². The van der Waals surface area contributed by atoms with Crippen LogP contribution < -0.4 is 5.32 Å². The SMILES string of the molecule is C[C@@H]1[C@@H]2CCc3c(C(F)F)nn(CC(=O)N[C@H](Cc4cc(F)cc(F)c4)c4ncncc4-c4cnc5[nH]ccc5c4)c3[C@H]12. The second-order valence-electron chi connectivity index (χ2n) is 11.4. The van der Waals surface area contributed by atoms with Crippen LogP contribution in [0.5, 0.6) is 0 Å². The highest BCUT2D eigenvalue weighted by atomic mass is 19.3. The van der Waals surface area contributed by atoms with Crippen LogP contribution in [-0.4, -0.2) is 35.6 Å². The van der Waals surface area contributed by atoms with Crippen LogP contribution in [0.2, 0.25) is 0 Å². The molecule has 1 fully saturated rings. The molecule has 8 nitrogen and oxygen atoms in total. The van der Waals surface area contributed by atoms with Crippen molar-refractivity contribution in [2.45, 2.75) is 51.1 Å². The van der Waals surface area contributed by atoms with Crippen molar-refractivity contribution in [1.82, 2.24) is 35.0 Å². The molecule has 0 radical (unpaired) electrons. The number of nitrogens with one attached hydrogen (secondary N) is 2. The number of aromatic nitrogens is 6. The molecule has 0 aliphatic heterocycles. The quantitative estimate of drug-likeness (QED) is 0.222. The van der Waals surface area contributed by atoms with E-state index in [9.17, 15) is 22.4 Å². The third-order valence-electron chi connectivity index (χ3n) is 8.71. The predicted octanol–water partition coefficient (Wildman–Crippen LogP) is 5.83. The third kappa shape index (κ3) is 5.04. The van der Waals surface area contributed by atoms with Crippen LogP contribution in [0.25, 0.3) is 22.2 Å². The summed E-state index contributed by atoms with van der Waals surface area (Å²) in [5.41, 5.74) is 3.67. The summed E-state index contributed by atoms with van der Waals surface area (Å²) in [6.07, 6.45) is 4.96. The van der Waals surface area contributed by atoms with E-state index in [0.717, 1.165) is 17.9 Å². The zero-order valence-corrected chi connectivity index (χ0v) is 23.1. The lowest BCUT2D eigenvalue weighted by Crippen LogP contribution is -2.34. The van der Waals surface area contributed by atoms with Crippen LogP contribution in [-0.2, 0) is 24.2 Å². The molecule has 1 amide bonds. The fourth-order valence-corrected chi connectivity index (χ4v) is 6.69. The van der Waals surface area contributed by atoms with Gasteiger partial charge in [0.1, 0.15) is 35.8 Å². The predicted molar refractivity (Wildman–Crippen MR) is 149 cm³/mol. The van der Waals surface area contributed by atoms with Gasteiger partial charge >= 0.3 is 0 Å². The Morgan fingerprint density at radius 1 is 1.12 bits per heavy atom. The standard InChI is InChI=1S/C31H27F4N7O/c1-15-21-2-3-22-28(30(34)35)41-42(29(22)26(15)21)13-25(43)40-24(8-16-6-19(32)10-20(33)7-16)27-23(12-36-14-39-27)18-9-17-4-5-37-31(17)38-11-18/h4-7,9-12,14-15,21,24,26,30H,2-3,8,13H2,1H3,(H,37,38)(H,40,43)/t15-,21+,24-,26-/m1/s1. The second kappa shape index (κ2) is 10.6. The van der Waals surface area contributed by atoms with Gasteiger partial charge in [0.15, 0.2) is 0 Å². The summed E-state index contributed by atoms with van der Waals surface area (Å²) < 4.78 is 57.5. The number of H-pyrrole nitrogens is 1. The largest absolute Gasteiger partial charge is 0.346 e. The minimum Gasteiger partial charge on any atom is -0.346 e. The van der Waals surface area contributed by atoms with Crippen LogP contribution in [0, 0.1) is 23.5 Å². The van der Waals surface area contributed by atoms with Gasteiger partial charge in [0.25, 0.3) is 6.43 Å². The topological polar surface area (TPSA) is 101 Å². The van der Waals surface area contributed by atoms with Crippen molar-refractivity contribution in [1.29, 1.82) is 0 Å². The fraction of sp³-hybridized carbons (Fsp3) is 0.323. The Bertz CT molecular complexity index is 1830. The average molecular weight is 590 g/mol. The number of hydrogen-bond acceptors (Lipinski definition) is 5. The maximum absolute atomic E-state index is 14.2. The number of hydrogen-bond donors (Lipinski definition) is 2. The van der Waals surface area contributed by atoms with E-state index in [4.69, 9.17) is 0 Å². The van der Waals surface area contributed by atoms with E-state index in [1.54, 1.807) is 18.6 Å². The maximum atomic E-state index is 14.2. The lowest BCUT2D eigenvalue weighted by atomic mass is 9.95. The smallest absolute Gasteiger partial charge is 0.282 e. The molecular formula is C31H27F4N7O. The monoisotopic (exact) mass is 589 g/mol. The summed E-state index contributed by atoms with van der Waals surface area (Å²) in [5.74, 6) is -1.14. The van der Waals surface area contributed by atoms with Crippen molar-refractivity contribution in [2.75, 3.05) is 0 Å². The van der Waals surface area contributed by atoms with Crippen molar-refractivity contribution in [2.24, 2.45) is 11.8 Å². The number of pyridine rings is 1. The van der Waals surface area contributed by atoms with E-state index in [2.05, 4.69) is 37.3 Å². The van der Waals surface area contributed by atoms with Gasteiger partial charge < -0.3 is 10.3 Å². The Kier molecular flexibility index (Phi) is 6.71. The Morgan fingerprint density at radius 3 is 2.72 bits per heavy atom. The maximum Gasteiger partial charge on any atom is 0.282 e. The van der Waals surface area contributed by atoms with Gasteiger partial charge in [0.2, 0.25) is 5.91 Å². The van der Waals surface area contributed by atoms with Crippen LogP contribution in [0.15, 0.2) is 55.2 Å². The Labute approximate surface area is 243 Å². The van der Waals surface area contributed by atoms with Crippen LogP contribution in [0.3, 0.4) is 0 Å².